The Morgan fingerprint density at radius 1 is 1.00 bits per heavy atom. The lowest BCUT2D eigenvalue weighted by atomic mass is 9.86. The van der Waals surface area contributed by atoms with Crippen molar-refractivity contribution in [3.8, 4) is 0 Å². The number of hydrogen-bond donors (Lipinski definition) is 1. The van der Waals surface area contributed by atoms with E-state index in [0.29, 0.717) is 19.0 Å². The van der Waals surface area contributed by atoms with Gasteiger partial charge in [0.15, 0.2) is 0 Å². The first-order valence-electron chi connectivity index (χ1n) is 10.2. The van der Waals surface area contributed by atoms with Crippen LogP contribution in [0.3, 0.4) is 0 Å². The Morgan fingerprint density at radius 2 is 1.62 bits per heavy atom. The first-order valence-corrected chi connectivity index (χ1v) is 10.2. The molecule has 1 aliphatic heterocycles. The number of halogens is 1. The average molecular weight is 397 g/mol. The van der Waals surface area contributed by atoms with Crippen molar-refractivity contribution < 1.29 is 14.0 Å². The number of hydrogen-bond acceptors (Lipinski definition) is 2. The average Bonchev–Trinajstić information content (AvgIpc) is 2.74. The summed E-state index contributed by atoms with van der Waals surface area (Å²) in [5.41, 5.74) is 0.995. The molecule has 2 aromatic rings. The Bertz CT molecular complexity index is 826. The van der Waals surface area contributed by atoms with Crippen LogP contribution in [0.15, 0.2) is 54.6 Å². The van der Waals surface area contributed by atoms with Crippen molar-refractivity contribution in [3.63, 3.8) is 0 Å². The molecule has 0 unspecified atom stereocenters. The van der Waals surface area contributed by atoms with Crippen molar-refractivity contribution in [1.82, 2.24) is 10.2 Å². The Kier molecular flexibility index (Phi) is 6.68. The summed E-state index contributed by atoms with van der Waals surface area (Å²) in [4.78, 5) is 27.5. The van der Waals surface area contributed by atoms with E-state index in [2.05, 4.69) is 29.6 Å². The van der Waals surface area contributed by atoms with E-state index < -0.39 is 5.41 Å². The molecule has 29 heavy (non-hydrogen) atoms. The Labute approximate surface area is 172 Å². The molecule has 1 saturated heterocycles. The highest BCUT2D eigenvalue weighted by atomic mass is 19.1. The number of piperidine rings is 1. The van der Waals surface area contributed by atoms with Gasteiger partial charge in [0.2, 0.25) is 11.8 Å². The van der Waals surface area contributed by atoms with Crippen LogP contribution < -0.4 is 5.32 Å². The highest BCUT2D eigenvalue weighted by Crippen LogP contribution is 2.26. The van der Waals surface area contributed by atoms with Crippen LogP contribution in [-0.4, -0.2) is 29.8 Å². The van der Waals surface area contributed by atoms with Crippen LogP contribution in [0.2, 0.25) is 0 Å². The molecule has 0 aliphatic carbocycles. The Hall–Kier alpha value is -2.69. The number of nitrogens with zero attached hydrogens (tertiary/aromatic N) is 1. The maximum absolute atomic E-state index is 13.0. The second-order valence-corrected chi connectivity index (χ2v) is 8.36. The normalized spacial score (nSPS) is 15.2. The van der Waals surface area contributed by atoms with Crippen LogP contribution in [-0.2, 0) is 22.6 Å². The van der Waals surface area contributed by atoms with Crippen LogP contribution >= 0.6 is 0 Å². The lowest BCUT2D eigenvalue weighted by Crippen LogP contribution is -2.51. The molecule has 2 aromatic carbocycles. The van der Waals surface area contributed by atoms with Crippen LogP contribution in [0.1, 0.15) is 37.8 Å². The number of benzene rings is 2. The van der Waals surface area contributed by atoms with E-state index in [-0.39, 0.29) is 24.2 Å². The minimum absolute atomic E-state index is 0.132. The monoisotopic (exact) mass is 396 g/mol. The van der Waals surface area contributed by atoms with Crippen molar-refractivity contribution in [3.05, 3.63) is 71.5 Å². The topological polar surface area (TPSA) is 49.4 Å². The summed E-state index contributed by atoms with van der Waals surface area (Å²) in [5.74, 6) is -0.186. The molecular formula is C24H29FN2O2. The standard InChI is InChI=1S/C24H29FN2O2/c1-24(2,22(28)26-17-20-8-10-21(25)11-9-20)23(29)27-14-12-19(13-15-27)16-18-6-4-3-5-7-18/h3-11,19H,12-17H2,1-2H3,(H,26,28). The molecule has 0 saturated carbocycles. The quantitative estimate of drug-likeness (QED) is 0.752. The van der Waals surface area contributed by atoms with E-state index in [1.807, 2.05) is 11.0 Å². The number of likely N-dealkylation sites (tertiary alicyclic amines) is 1. The molecule has 5 heteroatoms. The fourth-order valence-corrected chi connectivity index (χ4v) is 3.79. The number of amides is 2. The summed E-state index contributed by atoms with van der Waals surface area (Å²) in [5, 5.41) is 2.81. The number of rotatable bonds is 6. The Morgan fingerprint density at radius 3 is 2.24 bits per heavy atom. The van der Waals surface area contributed by atoms with E-state index in [9.17, 15) is 14.0 Å². The summed E-state index contributed by atoms with van der Waals surface area (Å²) < 4.78 is 13.0. The van der Waals surface area contributed by atoms with Gasteiger partial charge in [0, 0.05) is 19.6 Å². The van der Waals surface area contributed by atoms with Gasteiger partial charge in [-0.15, -0.1) is 0 Å². The third kappa shape index (κ3) is 5.43. The van der Waals surface area contributed by atoms with E-state index in [1.165, 1.54) is 17.7 Å². The first kappa shape index (κ1) is 21.0. The van der Waals surface area contributed by atoms with Crippen molar-refractivity contribution in [2.45, 2.75) is 39.7 Å². The van der Waals surface area contributed by atoms with Gasteiger partial charge in [0.05, 0.1) is 0 Å². The minimum atomic E-state index is -1.13. The second kappa shape index (κ2) is 9.21. The molecule has 3 rings (SSSR count). The molecule has 1 fully saturated rings. The first-order chi connectivity index (χ1) is 13.9. The van der Waals surface area contributed by atoms with Gasteiger partial charge in [-0.3, -0.25) is 9.59 Å². The lowest BCUT2D eigenvalue weighted by Gasteiger charge is -2.36. The van der Waals surface area contributed by atoms with Gasteiger partial charge in [-0.05, 0) is 62.3 Å². The number of carbonyl (C=O) groups excluding carboxylic acids is 2. The SMILES string of the molecule is CC(C)(C(=O)NCc1ccc(F)cc1)C(=O)N1CCC(Cc2ccccc2)CC1. The maximum Gasteiger partial charge on any atom is 0.237 e. The molecule has 1 N–H and O–H groups in total. The Balaban J connectivity index is 1.50. The predicted octanol–water partition coefficient (Wildman–Crippen LogP) is 3.95. The van der Waals surface area contributed by atoms with Gasteiger partial charge in [0.1, 0.15) is 11.2 Å². The molecule has 0 aromatic heterocycles. The van der Waals surface area contributed by atoms with Crippen LogP contribution in [0.5, 0.6) is 0 Å². The van der Waals surface area contributed by atoms with Crippen molar-refractivity contribution in [1.29, 1.82) is 0 Å². The molecule has 154 valence electrons. The molecule has 0 spiro atoms. The van der Waals surface area contributed by atoms with Gasteiger partial charge in [0.25, 0.3) is 0 Å². The van der Waals surface area contributed by atoms with E-state index in [4.69, 9.17) is 0 Å². The maximum atomic E-state index is 13.0. The van der Waals surface area contributed by atoms with Gasteiger partial charge in [-0.2, -0.15) is 0 Å². The zero-order valence-electron chi connectivity index (χ0n) is 17.2. The lowest BCUT2D eigenvalue weighted by molar-refractivity contribution is -0.149. The van der Waals surface area contributed by atoms with E-state index >= 15 is 0 Å². The zero-order valence-corrected chi connectivity index (χ0v) is 17.2. The highest BCUT2D eigenvalue weighted by molar-refractivity contribution is 6.04. The van der Waals surface area contributed by atoms with Crippen molar-refractivity contribution in [2.24, 2.45) is 11.3 Å². The second-order valence-electron chi connectivity index (χ2n) is 8.36. The van der Waals surface area contributed by atoms with E-state index in [0.717, 1.165) is 24.8 Å². The van der Waals surface area contributed by atoms with Gasteiger partial charge >= 0.3 is 0 Å². The fraction of sp³-hybridized carbons (Fsp3) is 0.417. The van der Waals surface area contributed by atoms with Crippen LogP contribution in [0.25, 0.3) is 0 Å². The summed E-state index contributed by atoms with van der Waals surface area (Å²) in [7, 11) is 0. The van der Waals surface area contributed by atoms with Crippen molar-refractivity contribution >= 4 is 11.8 Å². The third-order valence-electron chi connectivity index (χ3n) is 5.74. The van der Waals surface area contributed by atoms with Crippen molar-refractivity contribution in [2.75, 3.05) is 13.1 Å². The number of nitrogens with one attached hydrogen (secondary N) is 1. The molecule has 2 amide bonds. The largest absolute Gasteiger partial charge is 0.351 e. The molecule has 0 bridgehead atoms. The molecule has 1 aliphatic rings. The van der Waals surface area contributed by atoms with Gasteiger partial charge in [-0.25, -0.2) is 4.39 Å². The molecule has 4 nitrogen and oxygen atoms in total. The molecular weight excluding hydrogens is 367 g/mol. The predicted molar refractivity (Wildman–Crippen MR) is 111 cm³/mol. The van der Waals surface area contributed by atoms with E-state index in [1.54, 1.807) is 26.0 Å². The van der Waals surface area contributed by atoms with Crippen LogP contribution in [0, 0.1) is 17.2 Å². The fourth-order valence-electron chi connectivity index (χ4n) is 3.79. The molecule has 0 radical (unpaired) electrons. The minimum Gasteiger partial charge on any atom is -0.351 e. The summed E-state index contributed by atoms with van der Waals surface area (Å²) in [6.07, 6.45) is 2.94. The van der Waals surface area contributed by atoms with Crippen LogP contribution in [0.4, 0.5) is 4.39 Å². The smallest absolute Gasteiger partial charge is 0.237 e. The summed E-state index contributed by atoms with van der Waals surface area (Å²) in [6.45, 7) is 4.99. The van der Waals surface area contributed by atoms with Gasteiger partial charge in [-0.1, -0.05) is 42.5 Å². The summed E-state index contributed by atoms with van der Waals surface area (Å²) >= 11 is 0. The third-order valence-corrected chi connectivity index (χ3v) is 5.74. The zero-order chi connectivity index (χ0) is 20.9. The molecule has 0 atom stereocenters. The number of carbonyl (C=O) groups is 2. The highest BCUT2D eigenvalue weighted by Gasteiger charge is 2.40. The summed E-state index contributed by atoms with van der Waals surface area (Å²) in [6, 6.07) is 16.4. The molecule has 1 heterocycles. The van der Waals surface area contributed by atoms with Gasteiger partial charge < -0.3 is 10.2 Å².